The van der Waals surface area contributed by atoms with Gasteiger partial charge >= 0.3 is 0 Å². The molecule has 5 aromatic rings. The maximum atomic E-state index is 14.0. The van der Waals surface area contributed by atoms with Crippen LogP contribution in [0.25, 0.3) is 27.7 Å². The van der Waals surface area contributed by atoms with E-state index >= 15 is 0 Å². The summed E-state index contributed by atoms with van der Waals surface area (Å²) in [6.45, 7) is 1.73. The van der Waals surface area contributed by atoms with Crippen molar-refractivity contribution < 1.29 is 4.79 Å². The Balaban J connectivity index is 1.40. The number of aryl methyl sites for hydroxylation is 1. The fourth-order valence-electron chi connectivity index (χ4n) is 4.85. The first-order valence-corrected chi connectivity index (χ1v) is 11.5. The standard InChI is InChI=1S/C26H25N7O/c1-31-15-10-19-9-13-29-25(23(19)31)33(21-4-2-11-27-16-21)26(34)20-7-5-18(6-8-20)22-17-30-32-14-3-12-28-24(22)32/h3,5-10,12-15,17,21,27H,2,4,11,16H2,1H3. The first-order valence-electron chi connectivity index (χ1n) is 11.5. The molecule has 1 unspecified atom stereocenters. The van der Waals surface area contributed by atoms with Gasteiger partial charge in [0, 0.05) is 54.9 Å². The SMILES string of the molecule is Cn1ccc2ccnc(N(C(=O)c3ccc(-c4cnn5cccnc45)cc3)C3CCCNC3)c21. The van der Waals surface area contributed by atoms with Crippen LogP contribution in [0.3, 0.4) is 0 Å². The van der Waals surface area contributed by atoms with Gasteiger partial charge in [-0.25, -0.2) is 14.5 Å². The van der Waals surface area contributed by atoms with Crippen molar-refractivity contribution in [2.24, 2.45) is 7.05 Å². The van der Waals surface area contributed by atoms with E-state index in [1.165, 1.54) is 0 Å². The molecule has 5 heterocycles. The Hall–Kier alpha value is -4.04. The minimum atomic E-state index is -0.0422. The average Bonchev–Trinajstić information content (AvgIpc) is 3.49. The molecule has 34 heavy (non-hydrogen) atoms. The van der Waals surface area contributed by atoms with Crippen molar-refractivity contribution in [1.82, 2.24) is 29.5 Å². The zero-order valence-electron chi connectivity index (χ0n) is 18.9. The molecule has 1 aliphatic heterocycles. The largest absolute Gasteiger partial charge is 0.348 e. The number of nitrogens with zero attached hydrogens (tertiary/aromatic N) is 6. The molecule has 1 saturated heterocycles. The van der Waals surface area contributed by atoms with E-state index in [9.17, 15) is 4.79 Å². The number of piperidine rings is 1. The van der Waals surface area contributed by atoms with Crippen LogP contribution in [0.4, 0.5) is 5.82 Å². The van der Waals surface area contributed by atoms with E-state index in [-0.39, 0.29) is 11.9 Å². The van der Waals surface area contributed by atoms with Crippen molar-refractivity contribution in [3.8, 4) is 11.1 Å². The van der Waals surface area contributed by atoms with E-state index in [1.54, 1.807) is 23.1 Å². The summed E-state index contributed by atoms with van der Waals surface area (Å²) in [5.74, 6) is 0.666. The highest BCUT2D eigenvalue weighted by molar-refractivity contribution is 6.10. The fourth-order valence-corrected chi connectivity index (χ4v) is 4.85. The predicted molar refractivity (Wildman–Crippen MR) is 132 cm³/mol. The van der Waals surface area contributed by atoms with Crippen molar-refractivity contribution in [1.29, 1.82) is 0 Å². The number of aromatic nitrogens is 5. The third-order valence-corrected chi connectivity index (χ3v) is 6.57. The van der Waals surface area contributed by atoms with Gasteiger partial charge in [0.25, 0.3) is 5.91 Å². The molecule has 1 fully saturated rings. The molecule has 0 aliphatic carbocycles. The number of rotatable bonds is 4. The van der Waals surface area contributed by atoms with Crippen molar-refractivity contribution >= 4 is 28.3 Å². The predicted octanol–water partition coefficient (Wildman–Crippen LogP) is 3.68. The van der Waals surface area contributed by atoms with Gasteiger partial charge in [-0.2, -0.15) is 5.10 Å². The minimum absolute atomic E-state index is 0.0396. The number of amides is 1. The van der Waals surface area contributed by atoms with Crippen molar-refractivity contribution in [3.05, 3.63) is 79.0 Å². The van der Waals surface area contributed by atoms with Crippen LogP contribution in [0, 0.1) is 0 Å². The Kier molecular flexibility index (Phi) is 5.07. The summed E-state index contributed by atoms with van der Waals surface area (Å²) in [6, 6.07) is 13.6. The molecule has 0 bridgehead atoms. The van der Waals surface area contributed by atoms with E-state index in [4.69, 9.17) is 4.98 Å². The molecule has 4 aromatic heterocycles. The minimum Gasteiger partial charge on any atom is -0.348 e. The monoisotopic (exact) mass is 451 g/mol. The van der Waals surface area contributed by atoms with Crippen LogP contribution in [-0.4, -0.2) is 49.2 Å². The summed E-state index contributed by atoms with van der Waals surface area (Å²) in [5.41, 5.74) is 4.29. The second-order valence-corrected chi connectivity index (χ2v) is 8.70. The third kappa shape index (κ3) is 3.43. The molecule has 1 atom stereocenters. The topological polar surface area (TPSA) is 80.4 Å². The van der Waals surface area contributed by atoms with E-state index < -0.39 is 0 Å². The molecule has 0 saturated carbocycles. The van der Waals surface area contributed by atoms with Crippen LogP contribution >= 0.6 is 0 Å². The van der Waals surface area contributed by atoms with Crippen LogP contribution in [-0.2, 0) is 7.05 Å². The Morgan fingerprint density at radius 1 is 1.09 bits per heavy atom. The molecule has 6 rings (SSSR count). The Morgan fingerprint density at radius 3 is 2.79 bits per heavy atom. The van der Waals surface area contributed by atoms with Gasteiger partial charge in [-0.1, -0.05) is 12.1 Å². The highest BCUT2D eigenvalue weighted by Gasteiger charge is 2.30. The molecular weight excluding hydrogens is 426 g/mol. The molecule has 0 radical (unpaired) electrons. The maximum absolute atomic E-state index is 14.0. The quantitative estimate of drug-likeness (QED) is 0.451. The molecule has 0 spiro atoms. The third-order valence-electron chi connectivity index (χ3n) is 6.57. The fraction of sp³-hybridized carbons (Fsp3) is 0.231. The Labute approximate surface area is 196 Å². The number of hydrogen-bond acceptors (Lipinski definition) is 5. The summed E-state index contributed by atoms with van der Waals surface area (Å²) in [7, 11) is 1.99. The highest BCUT2D eigenvalue weighted by Crippen LogP contribution is 2.30. The smallest absolute Gasteiger partial charge is 0.259 e. The molecule has 170 valence electrons. The number of pyridine rings is 1. The number of benzene rings is 1. The maximum Gasteiger partial charge on any atom is 0.259 e. The number of fused-ring (bicyclic) bond motifs is 2. The molecule has 1 N–H and O–H groups in total. The normalized spacial score (nSPS) is 16.2. The number of anilines is 1. The van der Waals surface area contributed by atoms with Crippen LogP contribution in [0.15, 0.2) is 73.4 Å². The summed E-state index contributed by atoms with van der Waals surface area (Å²) in [6.07, 6.45) is 11.2. The zero-order chi connectivity index (χ0) is 23.1. The first kappa shape index (κ1) is 20.6. The molecule has 1 aliphatic rings. The van der Waals surface area contributed by atoms with Gasteiger partial charge in [0.05, 0.1) is 17.8 Å². The summed E-state index contributed by atoms with van der Waals surface area (Å²) in [4.78, 5) is 25.0. The van der Waals surface area contributed by atoms with Crippen molar-refractivity contribution in [3.63, 3.8) is 0 Å². The molecule has 1 aromatic carbocycles. The van der Waals surface area contributed by atoms with Crippen molar-refractivity contribution in [2.45, 2.75) is 18.9 Å². The van der Waals surface area contributed by atoms with E-state index in [1.807, 2.05) is 65.3 Å². The average molecular weight is 452 g/mol. The number of carbonyl (C=O) groups is 1. The number of nitrogens with one attached hydrogen (secondary N) is 1. The molecule has 1 amide bonds. The van der Waals surface area contributed by atoms with E-state index in [0.29, 0.717) is 11.4 Å². The number of hydrogen-bond donors (Lipinski definition) is 1. The first-order chi connectivity index (χ1) is 16.7. The van der Waals surface area contributed by atoms with Gasteiger partial charge in [0.2, 0.25) is 0 Å². The van der Waals surface area contributed by atoms with E-state index in [2.05, 4.69) is 21.5 Å². The van der Waals surface area contributed by atoms with Crippen LogP contribution < -0.4 is 10.2 Å². The summed E-state index contributed by atoms with van der Waals surface area (Å²) >= 11 is 0. The van der Waals surface area contributed by atoms with Gasteiger partial charge in [-0.05, 0) is 55.3 Å². The van der Waals surface area contributed by atoms with E-state index in [0.717, 1.165) is 53.6 Å². The van der Waals surface area contributed by atoms with Crippen molar-refractivity contribution in [2.75, 3.05) is 18.0 Å². The summed E-state index contributed by atoms with van der Waals surface area (Å²) < 4.78 is 3.79. The van der Waals surface area contributed by atoms with Crippen LogP contribution in [0.2, 0.25) is 0 Å². The lowest BCUT2D eigenvalue weighted by Crippen LogP contribution is -2.49. The highest BCUT2D eigenvalue weighted by atomic mass is 16.2. The lowest BCUT2D eigenvalue weighted by molar-refractivity contribution is 0.0971. The zero-order valence-corrected chi connectivity index (χ0v) is 18.9. The lowest BCUT2D eigenvalue weighted by atomic mass is 10.0. The van der Waals surface area contributed by atoms with Gasteiger partial charge < -0.3 is 9.88 Å². The molecular formula is C26H25N7O. The summed E-state index contributed by atoms with van der Waals surface area (Å²) in [5, 5.41) is 8.90. The molecule has 8 nitrogen and oxygen atoms in total. The van der Waals surface area contributed by atoms with Gasteiger partial charge in [-0.15, -0.1) is 0 Å². The van der Waals surface area contributed by atoms with Gasteiger partial charge in [0.1, 0.15) is 0 Å². The lowest BCUT2D eigenvalue weighted by Gasteiger charge is -2.34. The molecule has 8 heteroatoms. The van der Waals surface area contributed by atoms with Gasteiger partial charge in [-0.3, -0.25) is 9.69 Å². The second kappa shape index (κ2) is 8.39. The Bertz CT molecular complexity index is 1480. The Morgan fingerprint density at radius 2 is 1.97 bits per heavy atom. The number of carbonyl (C=O) groups excluding carboxylic acids is 1. The van der Waals surface area contributed by atoms with Gasteiger partial charge in [0.15, 0.2) is 11.5 Å². The van der Waals surface area contributed by atoms with Crippen LogP contribution in [0.5, 0.6) is 0 Å². The second-order valence-electron chi connectivity index (χ2n) is 8.70. The van der Waals surface area contributed by atoms with Crippen LogP contribution in [0.1, 0.15) is 23.2 Å².